The topological polar surface area (TPSA) is 62.6 Å². The van der Waals surface area contributed by atoms with Crippen molar-refractivity contribution >= 4 is 11.7 Å². The van der Waals surface area contributed by atoms with Gasteiger partial charge in [-0.3, -0.25) is 4.90 Å². The van der Waals surface area contributed by atoms with Gasteiger partial charge < -0.3 is 9.47 Å². The lowest BCUT2D eigenvalue weighted by Crippen LogP contribution is -2.56. The summed E-state index contributed by atoms with van der Waals surface area (Å²) in [5.74, 6) is -1.48. The Bertz CT molecular complexity index is 1400. The SMILES string of the molecule is N#Cc1cc(F)c(C2=CC3COCC(C2)N3C(=O)OCC2c3ccccc3-c3ccccc32)cc1F. The summed E-state index contributed by atoms with van der Waals surface area (Å²) >= 11 is 0. The van der Waals surface area contributed by atoms with Gasteiger partial charge in [0, 0.05) is 11.5 Å². The van der Waals surface area contributed by atoms with Crippen LogP contribution in [0.2, 0.25) is 0 Å². The van der Waals surface area contributed by atoms with Crippen molar-refractivity contribution in [2.45, 2.75) is 24.4 Å². The number of ether oxygens (including phenoxy) is 2. The summed E-state index contributed by atoms with van der Waals surface area (Å²) in [6.07, 6.45) is 1.58. The lowest BCUT2D eigenvalue weighted by molar-refractivity contribution is -0.0331. The molecule has 1 amide bonds. The first-order valence-electron chi connectivity index (χ1n) is 11.9. The number of nitriles is 1. The van der Waals surface area contributed by atoms with E-state index in [-0.39, 0.29) is 42.9 Å². The maximum Gasteiger partial charge on any atom is 0.410 e. The molecule has 0 N–H and O–H groups in total. The number of morpholine rings is 1. The Hall–Kier alpha value is -4.02. The Morgan fingerprint density at radius 3 is 2.36 bits per heavy atom. The summed E-state index contributed by atoms with van der Waals surface area (Å²) in [6, 6.07) is 19.1. The molecule has 0 saturated carbocycles. The average Bonchev–Trinajstić information content (AvgIpc) is 3.21. The monoisotopic (exact) mass is 484 g/mol. The number of nitrogens with zero attached hydrogens (tertiary/aromatic N) is 2. The molecule has 2 atom stereocenters. The zero-order valence-electron chi connectivity index (χ0n) is 19.3. The van der Waals surface area contributed by atoms with Crippen LogP contribution in [0.3, 0.4) is 0 Å². The largest absolute Gasteiger partial charge is 0.448 e. The fourth-order valence-electron chi connectivity index (χ4n) is 5.63. The summed E-state index contributed by atoms with van der Waals surface area (Å²) in [5, 5.41) is 8.96. The van der Waals surface area contributed by atoms with Crippen molar-refractivity contribution in [2.75, 3.05) is 19.8 Å². The molecule has 3 aliphatic rings. The summed E-state index contributed by atoms with van der Waals surface area (Å²) in [4.78, 5) is 14.9. The number of fused-ring (bicyclic) bond motifs is 5. The summed E-state index contributed by atoms with van der Waals surface area (Å²) in [6.45, 7) is 0.721. The molecule has 2 heterocycles. The van der Waals surface area contributed by atoms with Crippen molar-refractivity contribution in [3.05, 3.63) is 101 Å². The molecule has 2 unspecified atom stereocenters. The van der Waals surface area contributed by atoms with E-state index in [2.05, 4.69) is 24.3 Å². The second kappa shape index (κ2) is 8.89. The predicted molar refractivity (Wildman–Crippen MR) is 129 cm³/mol. The molecule has 7 heteroatoms. The smallest absolute Gasteiger partial charge is 0.410 e. The van der Waals surface area contributed by atoms with Crippen LogP contribution in [0.15, 0.2) is 66.7 Å². The van der Waals surface area contributed by atoms with Crippen molar-refractivity contribution in [2.24, 2.45) is 0 Å². The molecule has 1 fully saturated rings. The fourth-order valence-corrected chi connectivity index (χ4v) is 5.63. The van der Waals surface area contributed by atoms with Gasteiger partial charge in [0.1, 0.15) is 24.3 Å². The van der Waals surface area contributed by atoms with Crippen molar-refractivity contribution in [3.63, 3.8) is 0 Å². The van der Waals surface area contributed by atoms with Crippen LogP contribution in [-0.4, -0.2) is 42.9 Å². The lowest BCUT2D eigenvalue weighted by Gasteiger charge is -2.44. The zero-order valence-corrected chi connectivity index (χ0v) is 19.3. The van der Waals surface area contributed by atoms with E-state index in [0.717, 1.165) is 34.4 Å². The molecule has 36 heavy (non-hydrogen) atoms. The Morgan fingerprint density at radius 1 is 1.00 bits per heavy atom. The molecule has 0 radical (unpaired) electrons. The molecule has 2 aliphatic heterocycles. The fraction of sp³-hybridized carbons (Fsp3) is 0.241. The molecular formula is C29H22F2N2O3. The first-order valence-corrected chi connectivity index (χ1v) is 11.9. The van der Waals surface area contributed by atoms with Gasteiger partial charge in [-0.15, -0.1) is 0 Å². The third kappa shape index (κ3) is 3.66. The predicted octanol–water partition coefficient (Wildman–Crippen LogP) is 5.64. The molecule has 6 rings (SSSR count). The Kier molecular flexibility index (Phi) is 5.54. The van der Waals surface area contributed by atoms with Crippen LogP contribution in [0.1, 0.15) is 34.6 Å². The van der Waals surface area contributed by atoms with Crippen LogP contribution < -0.4 is 0 Å². The number of rotatable bonds is 3. The van der Waals surface area contributed by atoms with Crippen LogP contribution in [0.4, 0.5) is 13.6 Å². The molecule has 0 aromatic heterocycles. The quantitative estimate of drug-likeness (QED) is 0.483. The van der Waals surface area contributed by atoms with Crippen LogP contribution in [0.5, 0.6) is 0 Å². The van der Waals surface area contributed by atoms with E-state index in [0.29, 0.717) is 12.0 Å². The highest BCUT2D eigenvalue weighted by molar-refractivity contribution is 5.79. The maximum atomic E-state index is 14.7. The zero-order chi connectivity index (χ0) is 24.8. The number of halogens is 2. The van der Waals surface area contributed by atoms with E-state index < -0.39 is 23.8 Å². The highest BCUT2D eigenvalue weighted by Crippen LogP contribution is 2.44. The molecule has 5 nitrogen and oxygen atoms in total. The Balaban J connectivity index is 1.23. The highest BCUT2D eigenvalue weighted by Gasteiger charge is 2.40. The van der Waals surface area contributed by atoms with Crippen molar-refractivity contribution in [1.29, 1.82) is 5.26 Å². The number of carbonyl (C=O) groups excluding carboxylic acids is 1. The van der Waals surface area contributed by atoms with Gasteiger partial charge >= 0.3 is 6.09 Å². The molecule has 3 aromatic rings. The molecule has 3 aromatic carbocycles. The van der Waals surface area contributed by atoms with Gasteiger partial charge in [-0.2, -0.15) is 5.26 Å². The summed E-state index contributed by atoms with van der Waals surface area (Å²) in [7, 11) is 0. The number of amides is 1. The van der Waals surface area contributed by atoms with Crippen molar-refractivity contribution in [1.82, 2.24) is 4.90 Å². The minimum Gasteiger partial charge on any atom is -0.448 e. The van der Waals surface area contributed by atoms with Crippen molar-refractivity contribution in [3.8, 4) is 17.2 Å². The van der Waals surface area contributed by atoms with Crippen LogP contribution in [-0.2, 0) is 9.47 Å². The minimum absolute atomic E-state index is 0.0518. The van der Waals surface area contributed by atoms with Crippen LogP contribution >= 0.6 is 0 Å². The van der Waals surface area contributed by atoms with Gasteiger partial charge in [0.25, 0.3) is 0 Å². The normalized spacial score (nSPS) is 20.2. The first-order chi connectivity index (χ1) is 17.5. The van der Waals surface area contributed by atoms with Gasteiger partial charge in [-0.25, -0.2) is 13.6 Å². The number of carbonyl (C=O) groups is 1. The lowest BCUT2D eigenvalue weighted by atomic mass is 9.89. The van der Waals surface area contributed by atoms with E-state index in [1.807, 2.05) is 24.3 Å². The van der Waals surface area contributed by atoms with Gasteiger partial charge in [-0.05, 0) is 46.4 Å². The van der Waals surface area contributed by atoms with Gasteiger partial charge in [0.15, 0.2) is 0 Å². The van der Waals surface area contributed by atoms with Crippen LogP contribution in [0.25, 0.3) is 16.7 Å². The van der Waals surface area contributed by atoms with Crippen molar-refractivity contribution < 1.29 is 23.0 Å². The van der Waals surface area contributed by atoms with Crippen LogP contribution in [0, 0.1) is 23.0 Å². The van der Waals surface area contributed by atoms with E-state index in [1.54, 1.807) is 17.0 Å². The molecule has 1 saturated heterocycles. The van der Waals surface area contributed by atoms with E-state index in [1.165, 1.54) is 0 Å². The summed E-state index contributed by atoms with van der Waals surface area (Å²) < 4.78 is 40.4. The number of hydrogen-bond donors (Lipinski definition) is 0. The number of benzene rings is 3. The molecular weight excluding hydrogens is 462 g/mol. The average molecular weight is 485 g/mol. The molecule has 2 bridgehead atoms. The van der Waals surface area contributed by atoms with E-state index in [4.69, 9.17) is 14.7 Å². The number of hydrogen-bond acceptors (Lipinski definition) is 4. The molecule has 180 valence electrons. The molecule has 0 spiro atoms. The molecule has 1 aliphatic carbocycles. The summed E-state index contributed by atoms with van der Waals surface area (Å²) in [5.41, 5.74) is 4.94. The minimum atomic E-state index is -0.768. The first kappa shape index (κ1) is 22.4. The second-order valence-electron chi connectivity index (χ2n) is 9.29. The Labute approximate surface area is 207 Å². The standard InChI is InChI=1S/C29H22F2N2O3/c30-27-12-25(28(31)11-18(27)13-32)17-9-19-14-35-15-20(10-17)33(19)29(34)36-16-26-23-7-3-1-5-21(23)22-6-2-4-8-24(22)26/h1-9,11-12,19-20,26H,10,14-16H2. The van der Waals surface area contributed by atoms with E-state index in [9.17, 15) is 13.6 Å². The Morgan fingerprint density at radius 2 is 1.69 bits per heavy atom. The highest BCUT2D eigenvalue weighted by atomic mass is 19.1. The second-order valence-corrected chi connectivity index (χ2v) is 9.29. The third-order valence-electron chi connectivity index (χ3n) is 7.27. The van der Waals surface area contributed by atoms with E-state index >= 15 is 0 Å². The maximum absolute atomic E-state index is 14.7. The van der Waals surface area contributed by atoms with Gasteiger partial charge in [0.2, 0.25) is 0 Å². The van der Waals surface area contributed by atoms with Gasteiger partial charge in [-0.1, -0.05) is 54.6 Å². The van der Waals surface area contributed by atoms with Gasteiger partial charge in [0.05, 0.1) is 30.9 Å². The third-order valence-corrected chi connectivity index (χ3v) is 7.27.